The average molecular weight is 267 g/mol. The molecule has 6 aliphatic rings. The topological polar surface area (TPSA) is 0 Å². The van der Waals surface area contributed by atoms with Gasteiger partial charge in [0, 0.05) is 5.33 Å². The Morgan fingerprint density at radius 1 is 0.867 bits per heavy atom. The van der Waals surface area contributed by atoms with Crippen LogP contribution in [0.15, 0.2) is 0 Å². The molecule has 0 aromatic rings. The number of halogens is 1. The molecule has 6 rings (SSSR count). The second-order valence-electron chi connectivity index (χ2n) is 7.32. The highest BCUT2D eigenvalue weighted by Crippen LogP contribution is 2.79. The van der Waals surface area contributed by atoms with Gasteiger partial charge in [0.1, 0.15) is 0 Å². The average Bonchev–Trinajstić information content (AvgIpc) is 2.73. The molecule has 6 fully saturated rings. The Morgan fingerprint density at radius 3 is 2.07 bits per heavy atom. The molecule has 4 unspecified atom stereocenters. The van der Waals surface area contributed by atoms with Crippen LogP contribution in [-0.4, -0.2) is 5.33 Å². The highest BCUT2D eigenvalue weighted by Gasteiger charge is 2.72. The van der Waals surface area contributed by atoms with Gasteiger partial charge in [-0.05, 0) is 78.9 Å². The lowest BCUT2D eigenvalue weighted by molar-refractivity contribution is -0.0766. The fourth-order valence-electron chi connectivity index (χ4n) is 7.24. The first-order valence-electron chi connectivity index (χ1n) is 6.88. The number of alkyl halides is 1. The Morgan fingerprint density at radius 2 is 1.47 bits per heavy atom. The molecule has 0 radical (unpaired) electrons. The van der Waals surface area contributed by atoms with Crippen LogP contribution in [0.25, 0.3) is 0 Å². The SMILES string of the molecule is BrCC12C[C@@H]3C4CC5C[C@@H]3C1[C@H](C5)[C@H]4C2. The molecular formula is C14H19Br. The maximum absolute atomic E-state index is 3.86. The van der Waals surface area contributed by atoms with Crippen molar-refractivity contribution in [1.29, 1.82) is 0 Å². The third-order valence-corrected chi connectivity index (χ3v) is 8.31. The lowest BCUT2D eigenvalue weighted by Crippen LogP contribution is -2.49. The molecular weight excluding hydrogens is 248 g/mol. The van der Waals surface area contributed by atoms with E-state index in [2.05, 4.69) is 15.9 Å². The third-order valence-electron chi connectivity index (χ3n) is 7.20. The van der Waals surface area contributed by atoms with E-state index in [1.807, 2.05) is 0 Å². The van der Waals surface area contributed by atoms with Gasteiger partial charge in [0.25, 0.3) is 0 Å². The zero-order valence-corrected chi connectivity index (χ0v) is 10.7. The van der Waals surface area contributed by atoms with E-state index in [4.69, 9.17) is 0 Å². The van der Waals surface area contributed by atoms with Crippen LogP contribution in [0.3, 0.4) is 0 Å². The quantitative estimate of drug-likeness (QED) is 0.635. The van der Waals surface area contributed by atoms with Crippen LogP contribution < -0.4 is 0 Å². The van der Waals surface area contributed by atoms with E-state index in [0.717, 1.165) is 11.3 Å². The summed E-state index contributed by atoms with van der Waals surface area (Å²) in [6.07, 6.45) is 8.11. The Kier molecular flexibility index (Phi) is 1.34. The standard InChI is InChI=1S/C14H19Br/c15-6-14-4-11-8-1-7-2-9(11)13(14)10(3-7)12(8)5-14/h7-13H,1-6H2/t7?,8?,9-,10+,11+,12-,13?,14?. The van der Waals surface area contributed by atoms with Gasteiger partial charge in [-0.15, -0.1) is 0 Å². The lowest BCUT2D eigenvalue weighted by Gasteiger charge is -2.56. The van der Waals surface area contributed by atoms with E-state index in [1.54, 1.807) is 32.1 Å². The van der Waals surface area contributed by atoms with Gasteiger partial charge in [-0.25, -0.2) is 0 Å². The second kappa shape index (κ2) is 2.35. The van der Waals surface area contributed by atoms with Crippen molar-refractivity contribution < 1.29 is 0 Å². The van der Waals surface area contributed by atoms with Gasteiger partial charge in [-0.2, -0.15) is 0 Å². The van der Waals surface area contributed by atoms with Crippen LogP contribution in [0.5, 0.6) is 0 Å². The first-order chi connectivity index (χ1) is 7.32. The molecule has 0 N–H and O–H groups in total. The van der Waals surface area contributed by atoms with Crippen LogP contribution in [0.1, 0.15) is 32.1 Å². The lowest BCUT2D eigenvalue weighted by atomic mass is 9.49. The number of rotatable bonds is 1. The molecule has 0 aliphatic heterocycles. The van der Waals surface area contributed by atoms with Crippen LogP contribution in [-0.2, 0) is 0 Å². The van der Waals surface area contributed by atoms with Crippen molar-refractivity contribution >= 4 is 15.9 Å². The molecule has 0 amide bonds. The Bertz CT molecular complexity index is 312. The summed E-state index contributed by atoms with van der Waals surface area (Å²) in [5, 5.41) is 1.32. The Hall–Kier alpha value is 0.480. The summed E-state index contributed by atoms with van der Waals surface area (Å²) in [5.41, 5.74) is 0.788. The summed E-state index contributed by atoms with van der Waals surface area (Å²) in [4.78, 5) is 0. The van der Waals surface area contributed by atoms with Gasteiger partial charge in [0.05, 0.1) is 0 Å². The highest BCUT2D eigenvalue weighted by atomic mass is 79.9. The smallest absolute Gasteiger partial charge is 0.00910 e. The molecule has 0 spiro atoms. The van der Waals surface area contributed by atoms with Gasteiger partial charge in [-0.1, -0.05) is 15.9 Å². The molecule has 0 saturated heterocycles. The fourth-order valence-corrected chi connectivity index (χ4v) is 8.08. The van der Waals surface area contributed by atoms with Gasteiger partial charge in [0.15, 0.2) is 0 Å². The van der Waals surface area contributed by atoms with Crippen molar-refractivity contribution in [2.45, 2.75) is 32.1 Å². The van der Waals surface area contributed by atoms with Crippen molar-refractivity contribution in [2.75, 3.05) is 5.33 Å². The molecule has 8 atom stereocenters. The van der Waals surface area contributed by atoms with Crippen LogP contribution >= 0.6 is 15.9 Å². The zero-order valence-electron chi connectivity index (χ0n) is 9.16. The van der Waals surface area contributed by atoms with E-state index in [9.17, 15) is 0 Å². The Labute approximate surface area is 100 Å². The summed E-state index contributed by atoms with van der Waals surface area (Å²) in [6.45, 7) is 0. The largest absolute Gasteiger partial charge is 0.0922 e. The minimum absolute atomic E-state index is 0.788. The molecule has 0 aromatic heterocycles. The Balaban J connectivity index is 1.72. The van der Waals surface area contributed by atoms with Crippen molar-refractivity contribution in [3.05, 3.63) is 0 Å². The van der Waals surface area contributed by atoms with Crippen LogP contribution in [0.2, 0.25) is 0 Å². The van der Waals surface area contributed by atoms with Gasteiger partial charge < -0.3 is 0 Å². The third kappa shape index (κ3) is 0.733. The molecule has 0 heterocycles. The van der Waals surface area contributed by atoms with Gasteiger partial charge >= 0.3 is 0 Å². The van der Waals surface area contributed by atoms with E-state index in [1.165, 1.54) is 40.8 Å². The van der Waals surface area contributed by atoms with Crippen molar-refractivity contribution in [1.82, 2.24) is 0 Å². The van der Waals surface area contributed by atoms with Crippen LogP contribution in [0.4, 0.5) is 0 Å². The van der Waals surface area contributed by atoms with E-state index >= 15 is 0 Å². The van der Waals surface area contributed by atoms with Gasteiger partial charge in [0.2, 0.25) is 0 Å². The summed E-state index contributed by atoms with van der Waals surface area (Å²) >= 11 is 3.86. The van der Waals surface area contributed by atoms with E-state index in [-0.39, 0.29) is 0 Å². The van der Waals surface area contributed by atoms with E-state index in [0.29, 0.717) is 0 Å². The summed E-state index contributed by atoms with van der Waals surface area (Å²) in [7, 11) is 0. The molecule has 15 heavy (non-hydrogen) atoms. The number of hydrogen-bond acceptors (Lipinski definition) is 0. The minimum Gasteiger partial charge on any atom is -0.0922 e. The molecule has 6 saturated carbocycles. The predicted octanol–water partition coefficient (Wildman–Crippen LogP) is 3.70. The predicted molar refractivity (Wildman–Crippen MR) is 63.7 cm³/mol. The molecule has 1 heteroatoms. The van der Waals surface area contributed by atoms with Gasteiger partial charge in [-0.3, -0.25) is 0 Å². The normalized spacial score (nSPS) is 72.2. The highest BCUT2D eigenvalue weighted by molar-refractivity contribution is 9.09. The zero-order chi connectivity index (χ0) is 9.78. The monoisotopic (exact) mass is 266 g/mol. The van der Waals surface area contributed by atoms with Crippen LogP contribution in [0, 0.1) is 46.8 Å². The summed E-state index contributed by atoms with van der Waals surface area (Å²) < 4.78 is 0. The van der Waals surface area contributed by atoms with Crippen molar-refractivity contribution in [2.24, 2.45) is 46.8 Å². The summed E-state index contributed by atoms with van der Waals surface area (Å²) in [6, 6.07) is 0. The van der Waals surface area contributed by atoms with Crippen molar-refractivity contribution in [3.8, 4) is 0 Å². The summed E-state index contributed by atoms with van der Waals surface area (Å²) in [5.74, 6) is 8.25. The molecule has 0 nitrogen and oxygen atoms in total. The molecule has 82 valence electrons. The maximum Gasteiger partial charge on any atom is 0.00910 e. The first kappa shape index (κ1) is 8.55. The minimum atomic E-state index is 0.788. The van der Waals surface area contributed by atoms with Crippen molar-refractivity contribution in [3.63, 3.8) is 0 Å². The number of hydrogen-bond donors (Lipinski definition) is 0. The molecule has 0 aromatic carbocycles. The molecule has 7 bridgehead atoms. The molecule has 6 aliphatic carbocycles. The maximum atomic E-state index is 3.86. The first-order valence-corrected chi connectivity index (χ1v) is 8.00. The second-order valence-corrected chi connectivity index (χ2v) is 7.88. The van der Waals surface area contributed by atoms with E-state index < -0.39 is 0 Å². The fraction of sp³-hybridized carbons (Fsp3) is 1.00.